The van der Waals surface area contributed by atoms with Gasteiger partial charge in [0.2, 0.25) is 0 Å². The Morgan fingerprint density at radius 2 is 1.72 bits per heavy atom. The average Bonchev–Trinajstić information content (AvgIpc) is 2.68. The number of methoxy groups -OCH3 is 1. The number of para-hydroxylation sites is 1. The summed E-state index contributed by atoms with van der Waals surface area (Å²) in [6.07, 6.45) is 1.64. The number of ether oxygens (including phenoxy) is 1. The summed E-state index contributed by atoms with van der Waals surface area (Å²) in [5.74, 6) is 0.482. The van der Waals surface area contributed by atoms with Gasteiger partial charge in [-0.15, -0.1) is 0 Å². The lowest BCUT2D eigenvalue weighted by Gasteiger charge is -2.19. The first kappa shape index (κ1) is 16.5. The van der Waals surface area contributed by atoms with E-state index in [1.165, 1.54) is 0 Å². The van der Waals surface area contributed by atoms with Crippen molar-refractivity contribution in [3.63, 3.8) is 0 Å². The van der Waals surface area contributed by atoms with Crippen LogP contribution in [-0.2, 0) is 0 Å². The maximum absolute atomic E-state index is 12.5. The zero-order valence-corrected chi connectivity index (χ0v) is 14.1. The Labute approximate surface area is 146 Å². The van der Waals surface area contributed by atoms with Crippen molar-refractivity contribution in [2.45, 2.75) is 0 Å². The Hall–Kier alpha value is -3.34. The molecule has 1 amide bonds. The van der Waals surface area contributed by atoms with Crippen LogP contribution in [0.1, 0.15) is 10.5 Å². The number of carbonyl (C=O) groups is 1. The van der Waals surface area contributed by atoms with E-state index in [0.29, 0.717) is 11.4 Å². The number of hydrogen-bond acceptors (Lipinski definition) is 4. The normalized spacial score (nSPS) is 10.2. The highest BCUT2D eigenvalue weighted by Gasteiger charge is 2.11. The molecule has 1 N–H and O–H groups in total. The molecule has 0 aliphatic rings. The predicted molar refractivity (Wildman–Crippen MR) is 99.7 cm³/mol. The molecule has 0 bridgehead atoms. The lowest BCUT2D eigenvalue weighted by Crippen LogP contribution is -2.15. The minimum Gasteiger partial charge on any atom is -0.497 e. The van der Waals surface area contributed by atoms with E-state index in [0.717, 1.165) is 17.1 Å². The van der Waals surface area contributed by atoms with E-state index in [1.54, 1.807) is 43.6 Å². The van der Waals surface area contributed by atoms with Crippen LogP contribution >= 0.6 is 0 Å². The van der Waals surface area contributed by atoms with Crippen molar-refractivity contribution in [2.75, 3.05) is 24.4 Å². The van der Waals surface area contributed by atoms with Crippen LogP contribution in [0.5, 0.6) is 5.75 Å². The van der Waals surface area contributed by atoms with Gasteiger partial charge in [0.25, 0.3) is 5.91 Å². The molecular weight excluding hydrogens is 314 g/mol. The highest BCUT2D eigenvalue weighted by atomic mass is 16.5. The molecule has 0 spiro atoms. The van der Waals surface area contributed by atoms with E-state index in [2.05, 4.69) is 10.3 Å². The second kappa shape index (κ2) is 7.49. The Morgan fingerprint density at radius 3 is 2.40 bits per heavy atom. The lowest BCUT2D eigenvalue weighted by atomic mass is 10.2. The third-order valence-corrected chi connectivity index (χ3v) is 3.85. The fourth-order valence-corrected chi connectivity index (χ4v) is 2.42. The van der Waals surface area contributed by atoms with Crippen molar-refractivity contribution < 1.29 is 9.53 Å². The first-order valence-corrected chi connectivity index (χ1v) is 7.87. The largest absolute Gasteiger partial charge is 0.497 e. The second-order valence-corrected chi connectivity index (χ2v) is 5.48. The lowest BCUT2D eigenvalue weighted by molar-refractivity contribution is 0.102. The molecule has 1 aromatic heterocycles. The monoisotopic (exact) mass is 333 g/mol. The van der Waals surface area contributed by atoms with Gasteiger partial charge in [-0.2, -0.15) is 0 Å². The van der Waals surface area contributed by atoms with Gasteiger partial charge in [-0.25, -0.2) is 0 Å². The molecule has 3 aromatic rings. The number of aromatic nitrogens is 1. The second-order valence-electron chi connectivity index (χ2n) is 5.48. The molecule has 0 radical (unpaired) electrons. The van der Waals surface area contributed by atoms with Gasteiger partial charge < -0.3 is 15.0 Å². The molecule has 5 heteroatoms. The number of benzene rings is 2. The van der Waals surface area contributed by atoms with Crippen LogP contribution in [0.4, 0.5) is 17.1 Å². The van der Waals surface area contributed by atoms with Crippen molar-refractivity contribution >= 4 is 23.0 Å². The van der Waals surface area contributed by atoms with E-state index >= 15 is 0 Å². The van der Waals surface area contributed by atoms with Crippen molar-refractivity contribution in [3.8, 4) is 5.75 Å². The number of pyridine rings is 1. The average molecular weight is 333 g/mol. The molecular formula is C20H19N3O2. The molecule has 0 fully saturated rings. The van der Waals surface area contributed by atoms with Crippen LogP contribution < -0.4 is 15.0 Å². The fraction of sp³-hybridized carbons (Fsp3) is 0.100. The molecule has 25 heavy (non-hydrogen) atoms. The number of anilines is 3. The van der Waals surface area contributed by atoms with Crippen LogP contribution in [0.2, 0.25) is 0 Å². The molecule has 126 valence electrons. The molecule has 0 aliphatic carbocycles. The number of hydrogen-bond donors (Lipinski definition) is 1. The summed E-state index contributed by atoms with van der Waals surface area (Å²) in [4.78, 5) is 18.6. The zero-order valence-electron chi connectivity index (χ0n) is 14.1. The molecule has 0 saturated carbocycles. The van der Waals surface area contributed by atoms with Crippen molar-refractivity contribution in [2.24, 2.45) is 0 Å². The van der Waals surface area contributed by atoms with Crippen LogP contribution in [0.15, 0.2) is 72.9 Å². The molecule has 0 atom stereocenters. The Balaban J connectivity index is 1.77. The highest BCUT2D eigenvalue weighted by Crippen LogP contribution is 2.23. The van der Waals surface area contributed by atoms with Gasteiger partial charge in [-0.1, -0.05) is 18.2 Å². The van der Waals surface area contributed by atoms with Gasteiger partial charge in [-0.3, -0.25) is 9.78 Å². The smallest absolute Gasteiger partial charge is 0.274 e. The number of nitrogens with zero attached hydrogens (tertiary/aromatic N) is 2. The maximum Gasteiger partial charge on any atom is 0.274 e. The minimum absolute atomic E-state index is 0.256. The highest BCUT2D eigenvalue weighted by molar-refractivity contribution is 6.03. The van der Waals surface area contributed by atoms with Crippen molar-refractivity contribution in [3.05, 3.63) is 78.6 Å². The summed E-state index contributed by atoms with van der Waals surface area (Å²) >= 11 is 0. The van der Waals surface area contributed by atoms with Gasteiger partial charge in [0, 0.05) is 30.3 Å². The van der Waals surface area contributed by atoms with E-state index < -0.39 is 0 Å². The molecule has 0 unspecified atom stereocenters. The van der Waals surface area contributed by atoms with E-state index in [1.807, 2.05) is 48.3 Å². The maximum atomic E-state index is 12.5. The summed E-state index contributed by atoms with van der Waals surface area (Å²) in [6, 6.07) is 20.8. The predicted octanol–water partition coefficient (Wildman–Crippen LogP) is 4.11. The summed E-state index contributed by atoms with van der Waals surface area (Å²) in [6.45, 7) is 0. The van der Waals surface area contributed by atoms with Crippen molar-refractivity contribution in [1.29, 1.82) is 0 Å². The Morgan fingerprint density at radius 1 is 1.00 bits per heavy atom. The Bertz CT molecular complexity index is 848. The van der Waals surface area contributed by atoms with E-state index in [-0.39, 0.29) is 5.91 Å². The van der Waals surface area contributed by atoms with Crippen LogP contribution in [-0.4, -0.2) is 25.0 Å². The van der Waals surface area contributed by atoms with Crippen molar-refractivity contribution in [1.82, 2.24) is 4.98 Å². The number of amides is 1. The Kier molecular flexibility index (Phi) is 4.95. The fourth-order valence-electron chi connectivity index (χ4n) is 2.42. The summed E-state index contributed by atoms with van der Waals surface area (Å²) in [5, 5.41) is 2.84. The van der Waals surface area contributed by atoms with Gasteiger partial charge >= 0.3 is 0 Å². The molecule has 2 aromatic carbocycles. The van der Waals surface area contributed by atoms with E-state index in [9.17, 15) is 4.79 Å². The standard InChI is InChI=1S/C20H19N3O2/c1-23(16-6-4-3-5-7-16)17-12-13-21-19(14-17)20(24)22-15-8-10-18(25-2)11-9-15/h3-14H,1-2H3,(H,22,24). The van der Waals surface area contributed by atoms with Gasteiger partial charge in [0.05, 0.1) is 7.11 Å². The topological polar surface area (TPSA) is 54.5 Å². The number of nitrogens with one attached hydrogen (secondary N) is 1. The molecule has 0 aliphatic heterocycles. The van der Waals surface area contributed by atoms with Gasteiger partial charge in [-0.05, 0) is 48.5 Å². The van der Waals surface area contributed by atoms with Crippen LogP contribution in [0.25, 0.3) is 0 Å². The molecule has 5 nitrogen and oxygen atoms in total. The summed E-state index contributed by atoms with van der Waals surface area (Å²) in [5.41, 5.74) is 2.97. The van der Waals surface area contributed by atoms with Crippen LogP contribution in [0, 0.1) is 0 Å². The van der Waals surface area contributed by atoms with Crippen LogP contribution in [0.3, 0.4) is 0 Å². The van der Waals surface area contributed by atoms with Gasteiger partial charge in [0.15, 0.2) is 0 Å². The summed E-state index contributed by atoms with van der Waals surface area (Å²) < 4.78 is 5.11. The molecule has 3 rings (SSSR count). The van der Waals surface area contributed by atoms with Gasteiger partial charge in [0.1, 0.15) is 11.4 Å². The molecule has 1 heterocycles. The zero-order chi connectivity index (χ0) is 17.6. The number of rotatable bonds is 5. The quantitative estimate of drug-likeness (QED) is 0.763. The first-order valence-electron chi connectivity index (χ1n) is 7.87. The summed E-state index contributed by atoms with van der Waals surface area (Å²) in [7, 11) is 3.56. The first-order chi connectivity index (χ1) is 12.2. The number of carbonyl (C=O) groups excluding carboxylic acids is 1. The van der Waals surface area contributed by atoms with E-state index in [4.69, 9.17) is 4.74 Å². The third kappa shape index (κ3) is 3.95. The molecule has 0 saturated heterocycles. The third-order valence-electron chi connectivity index (χ3n) is 3.85. The SMILES string of the molecule is COc1ccc(NC(=O)c2cc(N(C)c3ccccc3)ccn2)cc1. The minimum atomic E-state index is -0.256.